The van der Waals surface area contributed by atoms with E-state index in [1.165, 1.54) is 7.11 Å². The van der Waals surface area contributed by atoms with Gasteiger partial charge < -0.3 is 15.4 Å². The second kappa shape index (κ2) is 7.39. The molecule has 5 heteroatoms. The van der Waals surface area contributed by atoms with Gasteiger partial charge in [0.2, 0.25) is 0 Å². The van der Waals surface area contributed by atoms with Gasteiger partial charge >= 0.3 is 5.97 Å². The highest BCUT2D eigenvalue weighted by Gasteiger charge is 2.44. The summed E-state index contributed by atoms with van der Waals surface area (Å²) in [5, 5.41) is 7.05. The van der Waals surface area contributed by atoms with Crippen LogP contribution in [0.3, 0.4) is 0 Å². The number of para-hydroxylation sites is 2. The minimum absolute atomic E-state index is 0.134. The highest BCUT2D eigenvalue weighted by atomic mass is 16.5. The van der Waals surface area contributed by atoms with Crippen molar-refractivity contribution in [1.82, 2.24) is 0 Å². The molecule has 1 aliphatic carbocycles. The van der Waals surface area contributed by atoms with Crippen LogP contribution in [0, 0.1) is 25.7 Å². The quantitative estimate of drug-likeness (QED) is 0.582. The Morgan fingerprint density at radius 1 is 1.10 bits per heavy atom. The molecule has 2 aromatic rings. The Morgan fingerprint density at radius 3 is 2.55 bits per heavy atom. The molecule has 150 valence electrons. The van der Waals surface area contributed by atoms with Crippen molar-refractivity contribution in [2.45, 2.75) is 33.2 Å². The number of allylic oxidation sites excluding steroid dienone is 1. The summed E-state index contributed by atoms with van der Waals surface area (Å²) in [6.07, 6.45) is 0.609. The van der Waals surface area contributed by atoms with E-state index in [-0.39, 0.29) is 17.7 Å². The number of hydrogen-bond acceptors (Lipinski definition) is 5. The Bertz CT molecular complexity index is 1020. The van der Waals surface area contributed by atoms with Crippen LogP contribution in [0.2, 0.25) is 0 Å². The van der Waals surface area contributed by atoms with Crippen LogP contribution in [0.25, 0.3) is 0 Å². The Balaban J connectivity index is 1.91. The molecule has 2 aromatic carbocycles. The maximum Gasteiger partial charge on any atom is 0.316 e. The van der Waals surface area contributed by atoms with Gasteiger partial charge in [-0.05, 0) is 49.4 Å². The van der Waals surface area contributed by atoms with Crippen LogP contribution in [0.15, 0.2) is 53.7 Å². The maximum atomic E-state index is 13.6. The summed E-state index contributed by atoms with van der Waals surface area (Å²) in [4.78, 5) is 26.0. The molecule has 2 N–H and O–H groups in total. The summed E-state index contributed by atoms with van der Waals surface area (Å²) in [5.41, 5.74) is 6.64. The molecule has 1 heterocycles. The van der Waals surface area contributed by atoms with E-state index in [1.54, 1.807) is 0 Å². The van der Waals surface area contributed by atoms with Gasteiger partial charge in [-0.3, -0.25) is 9.59 Å². The normalized spacial score (nSPS) is 23.3. The third-order valence-electron chi connectivity index (χ3n) is 5.97. The van der Waals surface area contributed by atoms with Gasteiger partial charge in [0.15, 0.2) is 5.78 Å². The van der Waals surface area contributed by atoms with Gasteiger partial charge in [-0.15, -0.1) is 0 Å². The SMILES string of the molecule is COC(=O)[C@@H]1C(=O)C2=C(C[C@H]1C)Nc1ccccc1N[C@@H]2c1cc(C)ccc1C. The van der Waals surface area contributed by atoms with Gasteiger partial charge in [0.25, 0.3) is 0 Å². The molecule has 0 aromatic heterocycles. The predicted molar refractivity (Wildman–Crippen MR) is 114 cm³/mol. The number of rotatable bonds is 2. The molecule has 0 fully saturated rings. The smallest absolute Gasteiger partial charge is 0.316 e. The van der Waals surface area contributed by atoms with E-state index in [0.29, 0.717) is 12.0 Å². The Labute approximate surface area is 171 Å². The first-order valence-electron chi connectivity index (χ1n) is 9.95. The van der Waals surface area contributed by atoms with Crippen LogP contribution < -0.4 is 10.6 Å². The zero-order valence-corrected chi connectivity index (χ0v) is 17.2. The number of ketones is 1. The molecule has 2 aliphatic rings. The number of hydrogen-bond donors (Lipinski definition) is 2. The molecule has 1 aliphatic heterocycles. The van der Waals surface area contributed by atoms with Gasteiger partial charge in [0.1, 0.15) is 5.92 Å². The van der Waals surface area contributed by atoms with E-state index in [0.717, 1.165) is 33.8 Å². The molecule has 4 rings (SSSR count). The number of ether oxygens (including phenoxy) is 1. The molecule has 0 bridgehead atoms. The third kappa shape index (κ3) is 3.31. The monoisotopic (exact) mass is 390 g/mol. The van der Waals surface area contributed by atoms with Crippen molar-refractivity contribution in [3.63, 3.8) is 0 Å². The van der Waals surface area contributed by atoms with Crippen molar-refractivity contribution in [3.05, 3.63) is 70.4 Å². The number of methoxy groups -OCH3 is 1. The maximum absolute atomic E-state index is 13.6. The number of carbonyl (C=O) groups is 2. The number of fused-ring (bicyclic) bond motifs is 1. The zero-order valence-electron chi connectivity index (χ0n) is 17.2. The first-order chi connectivity index (χ1) is 13.9. The van der Waals surface area contributed by atoms with E-state index in [2.05, 4.69) is 35.8 Å². The van der Waals surface area contributed by atoms with Crippen molar-refractivity contribution in [1.29, 1.82) is 0 Å². The largest absolute Gasteiger partial charge is 0.468 e. The van der Waals surface area contributed by atoms with Crippen LogP contribution in [-0.2, 0) is 14.3 Å². The number of nitrogens with one attached hydrogen (secondary N) is 2. The Kier molecular flexibility index (Phi) is 4.91. The van der Waals surface area contributed by atoms with Gasteiger partial charge in [-0.2, -0.15) is 0 Å². The van der Waals surface area contributed by atoms with E-state index in [9.17, 15) is 9.59 Å². The molecule has 0 saturated heterocycles. The van der Waals surface area contributed by atoms with Crippen molar-refractivity contribution in [2.75, 3.05) is 17.7 Å². The number of Topliss-reactive ketones (excluding diaryl/α,β-unsaturated/α-hetero) is 1. The highest BCUT2D eigenvalue weighted by Crippen LogP contribution is 2.44. The van der Waals surface area contributed by atoms with Crippen molar-refractivity contribution >= 4 is 23.1 Å². The lowest BCUT2D eigenvalue weighted by molar-refractivity contribution is -0.151. The lowest BCUT2D eigenvalue weighted by Crippen LogP contribution is -2.39. The second-order valence-corrected chi connectivity index (χ2v) is 8.05. The van der Waals surface area contributed by atoms with Crippen LogP contribution in [-0.4, -0.2) is 18.9 Å². The summed E-state index contributed by atoms with van der Waals surface area (Å²) >= 11 is 0. The standard InChI is InChI=1S/C24H26N2O3/c1-13-9-10-14(2)16(11-13)22-21-19(25-17-7-5-6-8-18(17)26-22)12-15(3)20(23(21)27)24(28)29-4/h5-11,15,20,22,25-26H,12H2,1-4H3/t15-,20+,22-/m1/s1. The number of benzene rings is 2. The summed E-state index contributed by atoms with van der Waals surface area (Å²) in [6.45, 7) is 6.03. The number of anilines is 2. The molecule has 0 spiro atoms. The van der Waals surface area contributed by atoms with Gasteiger partial charge in [0.05, 0.1) is 24.5 Å². The lowest BCUT2D eigenvalue weighted by Gasteiger charge is -2.33. The first-order valence-corrected chi connectivity index (χ1v) is 9.95. The van der Waals surface area contributed by atoms with Crippen LogP contribution in [0.5, 0.6) is 0 Å². The summed E-state index contributed by atoms with van der Waals surface area (Å²) in [5.74, 6) is -1.54. The molecule has 29 heavy (non-hydrogen) atoms. The molecule has 5 nitrogen and oxygen atoms in total. The number of aryl methyl sites for hydroxylation is 2. The van der Waals surface area contributed by atoms with E-state index < -0.39 is 11.9 Å². The second-order valence-electron chi connectivity index (χ2n) is 8.05. The minimum Gasteiger partial charge on any atom is -0.468 e. The Morgan fingerprint density at radius 2 is 1.83 bits per heavy atom. The molecular formula is C24H26N2O3. The minimum atomic E-state index is -0.781. The van der Waals surface area contributed by atoms with Gasteiger partial charge in [-0.25, -0.2) is 0 Å². The summed E-state index contributed by atoms with van der Waals surface area (Å²) < 4.78 is 4.96. The Hall–Kier alpha value is -3.08. The molecule has 0 saturated carbocycles. The topological polar surface area (TPSA) is 67.4 Å². The van der Waals surface area contributed by atoms with E-state index >= 15 is 0 Å². The first kappa shape index (κ1) is 19.2. The van der Waals surface area contributed by atoms with Crippen molar-refractivity contribution in [3.8, 4) is 0 Å². The molecule has 0 unspecified atom stereocenters. The summed E-state index contributed by atoms with van der Waals surface area (Å²) in [7, 11) is 1.34. The van der Waals surface area contributed by atoms with Crippen LogP contribution in [0.4, 0.5) is 11.4 Å². The summed E-state index contributed by atoms with van der Waals surface area (Å²) in [6, 6.07) is 13.9. The van der Waals surface area contributed by atoms with Crippen molar-refractivity contribution in [2.24, 2.45) is 11.8 Å². The average Bonchev–Trinajstić information content (AvgIpc) is 2.86. The molecule has 0 radical (unpaired) electrons. The number of carbonyl (C=O) groups excluding carboxylic acids is 2. The fraction of sp³-hybridized carbons (Fsp3) is 0.333. The molecule has 0 amide bonds. The zero-order chi connectivity index (χ0) is 20.7. The fourth-order valence-electron chi connectivity index (χ4n) is 4.44. The van der Waals surface area contributed by atoms with Gasteiger partial charge in [-0.1, -0.05) is 42.8 Å². The van der Waals surface area contributed by atoms with E-state index in [1.807, 2.05) is 38.1 Å². The van der Waals surface area contributed by atoms with Crippen LogP contribution >= 0.6 is 0 Å². The third-order valence-corrected chi connectivity index (χ3v) is 5.97. The molecular weight excluding hydrogens is 364 g/mol. The number of esters is 1. The molecule has 3 atom stereocenters. The fourth-order valence-corrected chi connectivity index (χ4v) is 4.44. The highest BCUT2D eigenvalue weighted by molar-refractivity contribution is 6.11. The average molecular weight is 390 g/mol. The van der Waals surface area contributed by atoms with Gasteiger partial charge in [0, 0.05) is 11.3 Å². The van der Waals surface area contributed by atoms with Crippen molar-refractivity contribution < 1.29 is 14.3 Å². The van der Waals surface area contributed by atoms with E-state index in [4.69, 9.17) is 4.74 Å². The predicted octanol–water partition coefficient (Wildman–Crippen LogP) is 4.53. The lowest BCUT2D eigenvalue weighted by atomic mass is 9.74. The van der Waals surface area contributed by atoms with Crippen LogP contribution in [0.1, 0.15) is 36.1 Å².